The van der Waals surface area contributed by atoms with Crippen LogP contribution >= 0.6 is 0 Å². The van der Waals surface area contributed by atoms with Crippen molar-refractivity contribution in [3.05, 3.63) is 78.1 Å². The quantitative estimate of drug-likeness (QED) is 0.643. The van der Waals surface area contributed by atoms with Gasteiger partial charge in [-0.2, -0.15) is 0 Å². The number of nitrogens with one attached hydrogen (secondary N) is 2. The molecule has 2 amide bonds. The van der Waals surface area contributed by atoms with E-state index in [9.17, 15) is 9.59 Å². The highest BCUT2D eigenvalue weighted by Gasteiger charge is 2.23. The van der Waals surface area contributed by atoms with Crippen molar-refractivity contribution < 1.29 is 14.0 Å². The summed E-state index contributed by atoms with van der Waals surface area (Å²) < 4.78 is 5.82. The van der Waals surface area contributed by atoms with Crippen molar-refractivity contribution in [2.45, 2.75) is 31.7 Å². The molecule has 2 N–H and O–H groups in total. The van der Waals surface area contributed by atoms with Crippen molar-refractivity contribution in [3.63, 3.8) is 0 Å². The Hall–Kier alpha value is -3.34. The molecule has 0 atom stereocenters. The summed E-state index contributed by atoms with van der Waals surface area (Å²) in [7, 11) is 0. The number of carbonyl (C=O) groups is 2. The highest BCUT2D eigenvalue weighted by molar-refractivity contribution is 5.96. The van der Waals surface area contributed by atoms with Gasteiger partial charge in [-0.05, 0) is 49.2 Å². The third kappa shape index (κ3) is 4.68. The van der Waals surface area contributed by atoms with E-state index in [0.29, 0.717) is 30.1 Å². The second-order valence-corrected chi connectivity index (χ2v) is 7.01. The predicted molar refractivity (Wildman–Crippen MR) is 108 cm³/mol. The average Bonchev–Trinajstić information content (AvgIpc) is 3.40. The van der Waals surface area contributed by atoms with Gasteiger partial charge in [0, 0.05) is 35.7 Å². The lowest BCUT2D eigenvalue weighted by atomic mass is 10.2. The van der Waals surface area contributed by atoms with Crippen molar-refractivity contribution in [2.24, 2.45) is 0 Å². The summed E-state index contributed by atoms with van der Waals surface area (Å²) in [5.74, 6) is 1.43. The van der Waals surface area contributed by atoms with E-state index in [4.69, 9.17) is 4.42 Å². The number of carbonyl (C=O) groups excluding carboxylic acids is 2. The Kier molecular flexibility index (Phi) is 5.24. The van der Waals surface area contributed by atoms with E-state index in [-0.39, 0.29) is 11.8 Å². The highest BCUT2D eigenvalue weighted by atomic mass is 16.3. The Labute approximate surface area is 163 Å². The van der Waals surface area contributed by atoms with Crippen LogP contribution in [0, 0.1) is 0 Å². The van der Waals surface area contributed by atoms with E-state index in [0.717, 1.165) is 29.9 Å². The number of hydrogen-bond donors (Lipinski definition) is 2. The van der Waals surface area contributed by atoms with Crippen molar-refractivity contribution in [1.82, 2.24) is 5.32 Å². The molecular formula is C23H22N2O3. The maximum absolute atomic E-state index is 12.2. The number of anilines is 1. The first-order chi connectivity index (χ1) is 13.7. The summed E-state index contributed by atoms with van der Waals surface area (Å²) in [5.41, 5.74) is 2.30. The fourth-order valence-corrected chi connectivity index (χ4v) is 2.93. The van der Waals surface area contributed by atoms with Gasteiger partial charge in [0.25, 0.3) is 5.91 Å². The first-order valence-electron chi connectivity index (χ1n) is 9.52. The van der Waals surface area contributed by atoms with Crippen LogP contribution in [0.5, 0.6) is 0 Å². The van der Waals surface area contributed by atoms with Gasteiger partial charge >= 0.3 is 0 Å². The van der Waals surface area contributed by atoms with Gasteiger partial charge < -0.3 is 15.1 Å². The predicted octanol–water partition coefficient (Wildman–Crippen LogP) is 4.41. The Bertz CT molecular complexity index is 957. The van der Waals surface area contributed by atoms with Gasteiger partial charge in [-0.15, -0.1) is 0 Å². The molecule has 0 unspecified atom stereocenters. The van der Waals surface area contributed by atoms with E-state index in [1.165, 1.54) is 0 Å². The van der Waals surface area contributed by atoms with Crippen LogP contribution in [0.2, 0.25) is 0 Å². The molecule has 0 saturated heterocycles. The molecule has 0 aliphatic heterocycles. The molecule has 3 aromatic rings. The lowest BCUT2D eigenvalue weighted by Gasteiger charge is -2.07. The molecule has 4 rings (SSSR count). The second kappa shape index (κ2) is 8.13. The van der Waals surface area contributed by atoms with Crippen LogP contribution in [0.4, 0.5) is 5.69 Å². The molecule has 0 radical (unpaired) electrons. The summed E-state index contributed by atoms with van der Waals surface area (Å²) in [5, 5.41) is 5.80. The van der Waals surface area contributed by atoms with Crippen LogP contribution in [-0.2, 0) is 11.2 Å². The van der Waals surface area contributed by atoms with Crippen LogP contribution < -0.4 is 10.6 Å². The number of aryl methyl sites for hydroxylation is 1. The SMILES string of the molecule is O=C(CCc1ccc(-c2ccccc2)o1)Nc1ccc(C(=O)NC2CC2)cc1. The number of amides is 2. The van der Waals surface area contributed by atoms with Crippen molar-refractivity contribution >= 4 is 17.5 Å². The van der Waals surface area contributed by atoms with Gasteiger partial charge in [0.05, 0.1) is 0 Å². The van der Waals surface area contributed by atoms with Gasteiger partial charge in [-0.25, -0.2) is 0 Å². The molecule has 1 aliphatic carbocycles. The Morgan fingerprint density at radius 2 is 1.68 bits per heavy atom. The first-order valence-corrected chi connectivity index (χ1v) is 9.52. The summed E-state index contributed by atoms with van der Waals surface area (Å²) in [6.45, 7) is 0. The van der Waals surface area contributed by atoms with Gasteiger partial charge in [-0.1, -0.05) is 30.3 Å². The highest BCUT2D eigenvalue weighted by Crippen LogP contribution is 2.23. The maximum atomic E-state index is 12.2. The van der Waals surface area contributed by atoms with Crippen LogP contribution in [0.15, 0.2) is 71.1 Å². The van der Waals surface area contributed by atoms with Crippen LogP contribution in [-0.4, -0.2) is 17.9 Å². The Morgan fingerprint density at radius 1 is 0.929 bits per heavy atom. The van der Waals surface area contributed by atoms with E-state index >= 15 is 0 Å². The zero-order chi connectivity index (χ0) is 19.3. The van der Waals surface area contributed by atoms with Crippen LogP contribution in [0.1, 0.15) is 35.4 Å². The largest absolute Gasteiger partial charge is 0.461 e. The molecular weight excluding hydrogens is 352 g/mol. The van der Waals surface area contributed by atoms with E-state index < -0.39 is 0 Å². The standard InChI is InChI=1S/C23H22N2O3/c26-22(15-13-20-12-14-21(28-20)16-4-2-1-3-5-16)24-18-8-6-17(7-9-18)23(27)25-19-10-11-19/h1-9,12,14,19H,10-11,13,15H2,(H,24,26)(H,25,27). The summed E-state index contributed by atoms with van der Waals surface area (Å²) in [6, 6.07) is 21.0. The minimum Gasteiger partial charge on any atom is -0.461 e. The summed E-state index contributed by atoms with van der Waals surface area (Å²) in [4.78, 5) is 24.2. The van der Waals surface area contributed by atoms with Gasteiger partial charge in [0.15, 0.2) is 0 Å². The third-order valence-corrected chi connectivity index (χ3v) is 4.66. The maximum Gasteiger partial charge on any atom is 0.251 e. The molecule has 5 heteroatoms. The minimum absolute atomic E-state index is 0.0626. The van der Waals surface area contributed by atoms with E-state index in [1.54, 1.807) is 24.3 Å². The fourth-order valence-electron chi connectivity index (χ4n) is 2.93. The lowest BCUT2D eigenvalue weighted by molar-refractivity contribution is -0.116. The minimum atomic E-state index is -0.0900. The van der Waals surface area contributed by atoms with E-state index in [1.807, 2.05) is 42.5 Å². The van der Waals surface area contributed by atoms with Crippen molar-refractivity contribution in [1.29, 1.82) is 0 Å². The monoisotopic (exact) mass is 374 g/mol. The molecule has 1 saturated carbocycles. The van der Waals surface area contributed by atoms with Gasteiger partial charge in [0.1, 0.15) is 11.5 Å². The molecule has 0 bridgehead atoms. The van der Waals surface area contributed by atoms with Gasteiger partial charge in [0.2, 0.25) is 5.91 Å². The molecule has 5 nitrogen and oxygen atoms in total. The number of benzene rings is 2. The lowest BCUT2D eigenvalue weighted by Crippen LogP contribution is -2.25. The summed E-state index contributed by atoms with van der Waals surface area (Å²) in [6.07, 6.45) is 2.97. The van der Waals surface area contributed by atoms with Crippen molar-refractivity contribution in [3.8, 4) is 11.3 Å². The normalized spacial score (nSPS) is 13.1. The van der Waals surface area contributed by atoms with E-state index in [2.05, 4.69) is 10.6 Å². The van der Waals surface area contributed by atoms with Gasteiger partial charge in [-0.3, -0.25) is 9.59 Å². The molecule has 1 aliphatic rings. The van der Waals surface area contributed by atoms with Crippen LogP contribution in [0.3, 0.4) is 0 Å². The molecule has 142 valence electrons. The molecule has 1 aromatic heterocycles. The Morgan fingerprint density at radius 3 is 2.39 bits per heavy atom. The zero-order valence-corrected chi connectivity index (χ0v) is 15.5. The molecule has 2 aromatic carbocycles. The Balaban J connectivity index is 1.27. The van der Waals surface area contributed by atoms with Crippen molar-refractivity contribution in [2.75, 3.05) is 5.32 Å². The number of hydrogen-bond acceptors (Lipinski definition) is 3. The number of rotatable bonds is 7. The molecule has 0 spiro atoms. The molecule has 1 heterocycles. The summed E-state index contributed by atoms with van der Waals surface area (Å²) >= 11 is 0. The smallest absolute Gasteiger partial charge is 0.251 e. The molecule has 28 heavy (non-hydrogen) atoms. The molecule has 1 fully saturated rings. The third-order valence-electron chi connectivity index (χ3n) is 4.66. The second-order valence-electron chi connectivity index (χ2n) is 7.01. The topological polar surface area (TPSA) is 71.3 Å². The average molecular weight is 374 g/mol. The zero-order valence-electron chi connectivity index (χ0n) is 15.5. The fraction of sp³-hybridized carbons (Fsp3) is 0.217. The van der Waals surface area contributed by atoms with Crippen LogP contribution in [0.25, 0.3) is 11.3 Å². The first kappa shape index (κ1) is 18.0. The number of furan rings is 1.